The van der Waals surface area contributed by atoms with Gasteiger partial charge < -0.3 is 15.3 Å². The summed E-state index contributed by atoms with van der Waals surface area (Å²) < 4.78 is 5.20. The molecule has 7 heteroatoms. The number of hydrogen-bond acceptors (Lipinski definition) is 7. The van der Waals surface area contributed by atoms with Crippen molar-refractivity contribution in [2.45, 2.75) is 40.2 Å². The summed E-state index contributed by atoms with van der Waals surface area (Å²) in [6, 6.07) is 0.0343. The third kappa shape index (κ3) is 2.57. The molecule has 0 aliphatic carbocycles. The normalized spacial score (nSPS) is 12.2. The fourth-order valence-electron chi connectivity index (χ4n) is 2.38. The van der Waals surface area contributed by atoms with Gasteiger partial charge in [0.15, 0.2) is 0 Å². The van der Waals surface area contributed by atoms with Gasteiger partial charge in [0.1, 0.15) is 23.7 Å². The number of aryl methyl sites for hydroxylation is 2. The minimum absolute atomic E-state index is 0.0343. The third-order valence-electron chi connectivity index (χ3n) is 3.31. The summed E-state index contributed by atoms with van der Waals surface area (Å²) >= 11 is 0. The van der Waals surface area contributed by atoms with Gasteiger partial charge in [-0.15, -0.1) is 0 Å². The number of aromatic nitrogens is 3. The van der Waals surface area contributed by atoms with Crippen LogP contribution in [-0.2, 0) is 6.42 Å². The first-order valence-electron chi connectivity index (χ1n) is 6.58. The highest BCUT2D eigenvalue weighted by Gasteiger charge is 2.18. The van der Waals surface area contributed by atoms with Gasteiger partial charge in [0.25, 0.3) is 0 Å². The zero-order valence-corrected chi connectivity index (χ0v) is 12.2. The molecule has 4 N–H and O–H groups in total. The van der Waals surface area contributed by atoms with Gasteiger partial charge in [0.2, 0.25) is 0 Å². The monoisotopic (exact) mass is 276 g/mol. The van der Waals surface area contributed by atoms with Crippen LogP contribution in [0, 0.1) is 13.8 Å². The Morgan fingerprint density at radius 1 is 1.30 bits per heavy atom. The lowest BCUT2D eigenvalue weighted by Gasteiger charge is -2.17. The number of hydrogen-bond donors (Lipinski definition) is 3. The maximum Gasteiger partial charge on any atom is 0.148 e. The molecule has 0 saturated carbocycles. The Hall–Kier alpha value is -2.15. The second kappa shape index (κ2) is 5.87. The Bertz CT molecular complexity index is 575. The van der Waals surface area contributed by atoms with Crippen LogP contribution in [0.15, 0.2) is 10.9 Å². The van der Waals surface area contributed by atoms with Gasteiger partial charge in [0, 0.05) is 11.1 Å². The first-order chi connectivity index (χ1) is 9.58. The van der Waals surface area contributed by atoms with Crippen LogP contribution in [0.1, 0.15) is 42.5 Å². The summed E-state index contributed by atoms with van der Waals surface area (Å²) in [5.74, 6) is 7.69. The molecule has 108 valence electrons. The molecule has 2 rings (SSSR count). The first kappa shape index (κ1) is 14.3. The van der Waals surface area contributed by atoms with Crippen LogP contribution in [-0.4, -0.2) is 15.1 Å². The van der Waals surface area contributed by atoms with Crippen molar-refractivity contribution < 1.29 is 4.52 Å². The second-order valence-electron chi connectivity index (χ2n) is 4.65. The first-order valence-corrected chi connectivity index (χ1v) is 6.58. The van der Waals surface area contributed by atoms with Gasteiger partial charge in [-0.05, 0) is 27.2 Å². The van der Waals surface area contributed by atoms with Crippen molar-refractivity contribution in [3.63, 3.8) is 0 Å². The molecular weight excluding hydrogens is 256 g/mol. The van der Waals surface area contributed by atoms with Crippen molar-refractivity contribution in [2.24, 2.45) is 5.84 Å². The Balaban J connectivity index is 2.30. The van der Waals surface area contributed by atoms with Crippen LogP contribution < -0.4 is 16.6 Å². The van der Waals surface area contributed by atoms with Crippen LogP contribution in [0.3, 0.4) is 0 Å². The van der Waals surface area contributed by atoms with Gasteiger partial charge in [-0.25, -0.2) is 15.8 Å². The average Bonchev–Trinajstić information content (AvgIpc) is 2.77. The SMILES string of the molecule is CCc1c(NN)ncnc1NC(C)c1c(C)noc1C. The van der Waals surface area contributed by atoms with Crippen molar-refractivity contribution >= 4 is 11.6 Å². The number of nitrogens with zero attached hydrogens (tertiary/aromatic N) is 3. The predicted octanol–water partition coefficient (Wildman–Crippen LogP) is 2.10. The smallest absolute Gasteiger partial charge is 0.148 e. The molecule has 0 amide bonds. The Labute approximate surface area is 117 Å². The van der Waals surface area contributed by atoms with Gasteiger partial charge in [0.05, 0.1) is 11.7 Å². The van der Waals surface area contributed by atoms with E-state index in [9.17, 15) is 0 Å². The summed E-state index contributed by atoms with van der Waals surface area (Å²) in [5, 5.41) is 7.35. The van der Waals surface area contributed by atoms with E-state index in [-0.39, 0.29) is 6.04 Å². The number of nitrogen functional groups attached to an aromatic ring is 1. The fourth-order valence-corrected chi connectivity index (χ4v) is 2.38. The molecule has 0 spiro atoms. The second-order valence-corrected chi connectivity index (χ2v) is 4.65. The van der Waals surface area contributed by atoms with Crippen LogP contribution in [0.5, 0.6) is 0 Å². The van der Waals surface area contributed by atoms with E-state index in [2.05, 4.69) is 25.9 Å². The van der Waals surface area contributed by atoms with Crippen LogP contribution in [0.2, 0.25) is 0 Å². The maximum absolute atomic E-state index is 5.48. The van der Waals surface area contributed by atoms with Crippen LogP contribution in [0.4, 0.5) is 11.6 Å². The van der Waals surface area contributed by atoms with E-state index in [1.807, 2.05) is 27.7 Å². The van der Waals surface area contributed by atoms with E-state index in [0.717, 1.165) is 34.8 Å². The molecule has 20 heavy (non-hydrogen) atoms. The molecule has 0 bridgehead atoms. The number of nitrogens with one attached hydrogen (secondary N) is 2. The zero-order chi connectivity index (χ0) is 14.7. The number of nitrogens with two attached hydrogens (primary N) is 1. The molecule has 1 unspecified atom stereocenters. The zero-order valence-electron chi connectivity index (χ0n) is 12.2. The topological polar surface area (TPSA) is 102 Å². The molecule has 0 aliphatic rings. The van der Waals surface area contributed by atoms with Gasteiger partial charge >= 0.3 is 0 Å². The number of anilines is 2. The minimum Gasteiger partial charge on any atom is -0.363 e. The van der Waals surface area contributed by atoms with Crippen molar-refractivity contribution in [1.29, 1.82) is 0 Å². The fraction of sp³-hybridized carbons (Fsp3) is 0.462. The number of rotatable bonds is 5. The Kier molecular flexibility index (Phi) is 4.19. The summed E-state index contributed by atoms with van der Waals surface area (Å²) in [7, 11) is 0. The molecule has 2 aromatic heterocycles. The third-order valence-corrected chi connectivity index (χ3v) is 3.31. The minimum atomic E-state index is 0.0343. The number of hydrazine groups is 1. The molecule has 2 aromatic rings. The highest BCUT2D eigenvalue weighted by Crippen LogP contribution is 2.27. The molecule has 2 heterocycles. The highest BCUT2D eigenvalue weighted by atomic mass is 16.5. The largest absolute Gasteiger partial charge is 0.363 e. The van der Waals surface area contributed by atoms with Gasteiger partial charge in [-0.3, -0.25) is 0 Å². The summed E-state index contributed by atoms with van der Waals surface area (Å²) in [6.45, 7) is 7.91. The summed E-state index contributed by atoms with van der Waals surface area (Å²) in [6.07, 6.45) is 2.26. The quantitative estimate of drug-likeness (QED) is 0.567. The van der Waals surface area contributed by atoms with E-state index >= 15 is 0 Å². The van der Waals surface area contributed by atoms with Crippen molar-refractivity contribution in [3.8, 4) is 0 Å². The molecule has 0 radical (unpaired) electrons. The Morgan fingerprint density at radius 3 is 2.55 bits per heavy atom. The van der Waals surface area contributed by atoms with Crippen molar-refractivity contribution in [2.75, 3.05) is 10.7 Å². The van der Waals surface area contributed by atoms with Crippen LogP contribution in [0.25, 0.3) is 0 Å². The standard InChI is InChI=1S/C13H20N6O/c1-5-10-12(15-6-16-13(10)18-14)17-7(2)11-8(3)19-20-9(11)4/h6-7H,5,14H2,1-4H3,(H2,15,16,17,18). The highest BCUT2D eigenvalue weighted by molar-refractivity contribution is 5.57. The predicted molar refractivity (Wildman–Crippen MR) is 77.2 cm³/mol. The lowest BCUT2D eigenvalue weighted by molar-refractivity contribution is 0.392. The molecule has 0 aromatic carbocycles. The van der Waals surface area contributed by atoms with E-state index in [4.69, 9.17) is 10.4 Å². The molecule has 1 atom stereocenters. The summed E-state index contributed by atoms with van der Waals surface area (Å²) in [5.41, 5.74) is 5.48. The maximum atomic E-state index is 5.48. The van der Waals surface area contributed by atoms with Gasteiger partial charge in [-0.1, -0.05) is 12.1 Å². The molecule has 7 nitrogen and oxygen atoms in total. The van der Waals surface area contributed by atoms with E-state index < -0.39 is 0 Å². The van der Waals surface area contributed by atoms with Crippen LogP contribution >= 0.6 is 0 Å². The lowest BCUT2D eigenvalue weighted by atomic mass is 10.1. The van der Waals surface area contributed by atoms with E-state index in [1.165, 1.54) is 6.33 Å². The molecule has 0 saturated heterocycles. The Morgan fingerprint density at radius 2 is 2.00 bits per heavy atom. The van der Waals surface area contributed by atoms with Crippen molar-refractivity contribution in [1.82, 2.24) is 15.1 Å². The van der Waals surface area contributed by atoms with Crippen molar-refractivity contribution in [3.05, 3.63) is 28.9 Å². The summed E-state index contributed by atoms with van der Waals surface area (Å²) in [4.78, 5) is 8.41. The molecule has 0 aliphatic heterocycles. The van der Waals surface area contributed by atoms with E-state index in [0.29, 0.717) is 5.82 Å². The van der Waals surface area contributed by atoms with E-state index in [1.54, 1.807) is 0 Å². The average molecular weight is 276 g/mol. The van der Waals surface area contributed by atoms with Gasteiger partial charge in [-0.2, -0.15) is 0 Å². The molecular formula is C13H20N6O. The lowest BCUT2D eigenvalue weighted by Crippen LogP contribution is -2.16. The molecule has 0 fully saturated rings.